The monoisotopic (exact) mass is 254 g/mol. The standard InChI is InChI=1S/C20H14/c1-2-11-20-12-4-7-15-10-9-14-5-3-6-16(13-17(20)8-1)18(14)19(15)20/h1-6,8-13H,7H2. The summed E-state index contributed by atoms with van der Waals surface area (Å²) in [4.78, 5) is 0. The Hall–Kier alpha value is -2.34. The van der Waals surface area contributed by atoms with Crippen molar-refractivity contribution in [2.24, 2.45) is 0 Å². The molecule has 20 heavy (non-hydrogen) atoms. The van der Waals surface area contributed by atoms with E-state index in [1.807, 2.05) is 0 Å². The molecule has 0 heterocycles. The van der Waals surface area contributed by atoms with Crippen molar-refractivity contribution in [3.8, 4) is 0 Å². The summed E-state index contributed by atoms with van der Waals surface area (Å²) < 4.78 is 0. The maximum absolute atomic E-state index is 2.39. The van der Waals surface area contributed by atoms with Crippen LogP contribution in [0.15, 0.2) is 72.4 Å². The van der Waals surface area contributed by atoms with Crippen LogP contribution in [-0.2, 0) is 11.8 Å². The maximum Gasteiger partial charge on any atom is 0.0575 e. The topological polar surface area (TPSA) is 0 Å². The minimum atomic E-state index is -0.0316. The summed E-state index contributed by atoms with van der Waals surface area (Å²) >= 11 is 0. The van der Waals surface area contributed by atoms with Crippen LogP contribution in [0, 0.1) is 0 Å². The van der Waals surface area contributed by atoms with Crippen LogP contribution in [0.5, 0.6) is 0 Å². The van der Waals surface area contributed by atoms with Gasteiger partial charge in [-0.05, 0) is 45.5 Å². The third kappa shape index (κ3) is 1.09. The van der Waals surface area contributed by atoms with Crippen LogP contribution in [-0.4, -0.2) is 0 Å². The molecule has 0 N–H and O–H groups in total. The molecule has 0 nitrogen and oxygen atoms in total. The fourth-order valence-corrected chi connectivity index (χ4v) is 3.98. The lowest BCUT2D eigenvalue weighted by Crippen LogP contribution is -2.30. The van der Waals surface area contributed by atoms with Gasteiger partial charge >= 0.3 is 0 Å². The summed E-state index contributed by atoms with van der Waals surface area (Å²) in [6.07, 6.45) is 17.0. The van der Waals surface area contributed by atoms with Gasteiger partial charge in [0, 0.05) is 0 Å². The van der Waals surface area contributed by atoms with Gasteiger partial charge in [0.15, 0.2) is 0 Å². The predicted octanol–water partition coefficient (Wildman–Crippen LogP) is 4.71. The van der Waals surface area contributed by atoms with Crippen molar-refractivity contribution in [3.05, 3.63) is 89.1 Å². The highest BCUT2D eigenvalue weighted by molar-refractivity contribution is 6.00. The van der Waals surface area contributed by atoms with E-state index in [2.05, 4.69) is 72.9 Å². The Labute approximate surface area is 118 Å². The lowest BCUT2D eigenvalue weighted by molar-refractivity contribution is 0.783. The van der Waals surface area contributed by atoms with Gasteiger partial charge in [0.25, 0.3) is 0 Å². The molecular formula is C20H14. The molecule has 0 aromatic heterocycles. The molecule has 3 aliphatic carbocycles. The summed E-state index contributed by atoms with van der Waals surface area (Å²) in [5.74, 6) is 0. The van der Waals surface area contributed by atoms with E-state index in [-0.39, 0.29) is 5.41 Å². The number of rotatable bonds is 0. The molecule has 0 radical (unpaired) electrons. The van der Waals surface area contributed by atoms with Gasteiger partial charge in [-0.25, -0.2) is 0 Å². The average molecular weight is 254 g/mol. The Morgan fingerprint density at radius 3 is 2.95 bits per heavy atom. The van der Waals surface area contributed by atoms with Gasteiger partial charge in [0.1, 0.15) is 0 Å². The van der Waals surface area contributed by atoms with E-state index in [1.54, 1.807) is 0 Å². The molecular weight excluding hydrogens is 240 g/mol. The Morgan fingerprint density at radius 1 is 0.950 bits per heavy atom. The molecule has 0 amide bonds. The molecule has 3 aliphatic rings. The zero-order chi connectivity index (χ0) is 13.2. The van der Waals surface area contributed by atoms with Crippen molar-refractivity contribution >= 4 is 16.8 Å². The minimum absolute atomic E-state index is 0.0316. The summed E-state index contributed by atoms with van der Waals surface area (Å²) in [6.45, 7) is 0. The van der Waals surface area contributed by atoms with Crippen molar-refractivity contribution in [2.75, 3.05) is 0 Å². The number of allylic oxidation sites excluding steroid dienone is 7. The molecule has 94 valence electrons. The van der Waals surface area contributed by atoms with E-state index in [4.69, 9.17) is 0 Å². The van der Waals surface area contributed by atoms with Crippen LogP contribution < -0.4 is 0 Å². The predicted molar refractivity (Wildman–Crippen MR) is 84.7 cm³/mol. The normalized spacial score (nSPS) is 24.7. The fourth-order valence-electron chi connectivity index (χ4n) is 3.98. The maximum atomic E-state index is 2.39. The molecule has 5 rings (SSSR count). The van der Waals surface area contributed by atoms with Crippen molar-refractivity contribution in [3.63, 3.8) is 0 Å². The van der Waals surface area contributed by atoms with E-state index in [1.165, 1.54) is 33.0 Å². The Balaban J connectivity index is 2.05. The first-order valence-corrected chi connectivity index (χ1v) is 7.19. The molecule has 2 aromatic rings. The van der Waals surface area contributed by atoms with Gasteiger partial charge in [-0.15, -0.1) is 0 Å². The van der Waals surface area contributed by atoms with Crippen molar-refractivity contribution in [2.45, 2.75) is 11.8 Å². The van der Waals surface area contributed by atoms with Crippen LogP contribution in [0.25, 0.3) is 16.8 Å². The Kier molecular flexibility index (Phi) is 1.78. The van der Waals surface area contributed by atoms with Crippen molar-refractivity contribution in [1.82, 2.24) is 0 Å². The lowest BCUT2D eigenvalue weighted by atomic mass is 9.63. The number of benzene rings is 2. The third-order valence-corrected chi connectivity index (χ3v) is 4.83. The van der Waals surface area contributed by atoms with Gasteiger partial charge in [-0.3, -0.25) is 0 Å². The summed E-state index contributed by atoms with van der Waals surface area (Å²) in [6, 6.07) is 11.2. The molecule has 0 fully saturated rings. The molecule has 2 aromatic carbocycles. The molecule has 0 saturated heterocycles. The van der Waals surface area contributed by atoms with Gasteiger partial charge in [-0.1, -0.05) is 66.8 Å². The van der Waals surface area contributed by atoms with Crippen LogP contribution in [0.2, 0.25) is 0 Å². The highest BCUT2D eigenvalue weighted by Crippen LogP contribution is 2.50. The molecule has 0 aliphatic heterocycles. The summed E-state index contributed by atoms with van der Waals surface area (Å²) in [5, 5.41) is 2.80. The van der Waals surface area contributed by atoms with Gasteiger partial charge in [0.05, 0.1) is 5.41 Å². The smallest absolute Gasteiger partial charge is 0.0575 e. The SMILES string of the molecule is C1=CC2=Cc3cccc4ccc5c(c34)C2(C=C1)C=CC5. The Morgan fingerprint density at radius 2 is 1.95 bits per heavy atom. The molecule has 0 heteroatoms. The fraction of sp³-hybridized carbons (Fsp3) is 0.100. The summed E-state index contributed by atoms with van der Waals surface area (Å²) in [7, 11) is 0. The van der Waals surface area contributed by atoms with Crippen LogP contribution in [0.3, 0.4) is 0 Å². The minimum Gasteiger partial charge on any atom is -0.0826 e. The van der Waals surface area contributed by atoms with Crippen LogP contribution in [0.4, 0.5) is 0 Å². The van der Waals surface area contributed by atoms with Gasteiger partial charge in [-0.2, -0.15) is 0 Å². The van der Waals surface area contributed by atoms with Gasteiger partial charge in [0.2, 0.25) is 0 Å². The Bertz CT molecular complexity index is 874. The van der Waals surface area contributed by atoms with E-state index < -0.39 is 0 Å². The van der Waals surface area contributed by atoms with E-state index >= 15 is 0 Å². The van der Waals surface area contributed by atoms with E-state index in [0.717, 1.165) is 6.42 Å². The van der Waals surface area contributed by atoms with E-state index in [0.29, 0.717) is 0 Å². The lowest BCUT2D eigenvalue weighted by Gasteiger charge is -2.39. The molecule has 0 saturated carbocycles. The molecule has 0 bridgehead atoms. The van der Waals surface area contributed by atoms with Crippen molar-refractivity contribution in [1.29, 1.82) is 0 Å². The first kappa shape index (κ1) is 10.4. The molecule has 1 spiro atoms. The third-order valence-electron chi connectivity index (χ3n) is 4.83. The van der Waals surface area contributed by atoms with Crippen LogP contribution >= 0.6 is 0 Å². The molecule has 1 unspecified atom stereocenters. The molecule has 1 atom stereocenters. The van der Waals surface area contributed by atoms with E-state index in [9.17, 15) is 0 Å². The summed E-state index contributed by atoms with van der Waals surface area (Å²) in [5.41, 5.74) is 5.70. The highest BCUT2D eigenvalue weighted by atomic mass is 14.4. The first-order valence-electron chi connectivity index (χ1n) is 7.19. The van der Waals surface area contributed by atoms with Gasteiger partial charge < -0.3 is 0 Å². The second kappa shape index (κ2) is 3.40. The zero-order valence-corrected chi connectivity index (χ0v) is 11.1. The number of hydrogen-bond acceptors (Lipinski definition) is 0. The van der Waals surface area contributed by atoms with Crippen molar-refractivity contribution < 1.29 is 0 Å². The zero-order valence-electron chi connectivity index (χ0n) is 11.1. The van der Waals surface area contributed by atoms with Crippen LogP contribution in [0.1, 0.15) is 16.7 Å². The number of hydrogen-bond donors (Lipinski definition) is 0. The second-order valence-electron chi connectivity index (χ2n) is 5.84. The first-order chi connectivity index (χ1) is 9.88. The highest BCUT2D eigenvalue weighted by Gasteiger charge is 2.38. The second-order valence-corrected chi connectivity index (χ2v) is 5.84. The largest absolute Gasteiger partial charge is 0.0826 e. The average Bonchev–Trinajstić information content (AvgIpc) is 2.50. The quantitative estimate of drug-likeness (QED) is 0.597.